The highest BCUT2D eigenvalue weighted by Gasteiger charge is 2.38. The largest absolute Gasteiger partial charge is 0.207 e. The van der Waals surface area contributed by atoms with Gasteiger partial charge >= 0.3 is 0 Å². The van der Waals surface area contributed by atoms with Crippen LogP contribution in [0.15, 0.2) is 18.2 Å². The summed E-state index contributed by atoms with van der Waals surface area (Å²) in [6, 6.07) is 3.85. The van der Waals surface area contributed by atoms with Crippen molar-refractivity contribution in [3.05, 3.63) is 35.4 Å². The summed E-state index contributed by atoms with van der Waals surface area (Å²) in [4.78, 5) is 0. The number of rotatable bonds is 5. The number of alkyl halides is 2. The van der Waals surface area contributed by atoms with Crippen LogP contribution in [0.3, 0.4) is 0 Å². The number of benzene rings is 1. The summed E-state index contributed by atoms with van der Waals surface area (Å²) in [5.74, 6) is -0.350. The Hall–Kier alpha value is 0.0400. The Labute approximate surface area is 130 Å². The van der Waals surface area contributed by atoms with E-state index in [1.54, 1.807) is 0 Å². The van der Waals surface area contributed by atoms with E-state index in [-0.39, 0.29) is 5.41 Å². The lowest BCUT2D eigenvalue weighted by Gasteiger charge is -2.36. The Morgan fingerprint density at radius 1 is 1.00 bits per heavy atom. The van der Waals surface area contributed by atoms with E-state index in [9.17, 15) is 8.78 Å². The fraction of sp³-hybridized carbons (Fsp3) is 0.600. The van der Waals surface area contributed by atoms with Crippen molar-refractivity contribution in [2.45, 2.75) is 32.1 Å². The van der Waals surface area contributed by atoms with E-state index in [1.165, 1.54) is 37.8 Å². The van der Waals surface area contributed by atoms with Crippen LogP contribution in [0.2, 0.25) is 0 Å². The number of hydrogen-bond donors (Lipinski definition) is 0. The maximum Gasteiger partial charge on any atom is 0.126 e. The molecule has 106 valence electrons. The van der Waals surface area contributed by atoms with E-state index in [0.717, 1.165) is 22.3 Å². The molecule has 0 N–H and O–H groups in total. The minimum absolute atomic E-state index is 0.0523. The van der Waals surface area contributed by atoms with Crippen molar-refractivity contribution in [1.82, 2.24) is 0 Å². The minimum atomic E-state index is -0.487. The molecule has 1 aliphatic rings. The quantitative estimate of drug-likeness (QED) is 0.579. The second-order valence-electron chi connectivity index (χ2n) is 5.57. The summed E-state index contributed by atoms with van der Waals surface area (Å²) in [5.41, 5.74) is 0.805. The molecule has 0 amide bonds. The van der Waals surface area contributed by atoms with Gasteiger partial charge in [0.15, 0.2) is 0 Å². The zero-order chi connectivity index (χ0) is 13.9. The van der Waals surface area contributed by atoms with E-state index < -0.39 is 11.6 Å². The van der Waals surface area contributed by atoms with Crippen molar-refractivity contribution < 1.29 is 8.78 Å². The highest BCUT2D eigenvalue weighted by Crippen LogP contribution is 2.44. The maximum absolute atomic E-state index is 13.3. The first kappa shape index (κ1) is 15.4. The monoisotopic (exact) mass is 394 g/mol. The van der Waals surface area contributed by atoms with Gasteiger partial charge in [-0.1, -0.05) is 44.7 Å². The van der Waals surface area contributed by atoms with Crippen molar-refractivity contribution in [1.29, 1.82) is 0 Å². The van der Waals surface area contributed by atoms with Crippen molar-refractivity contribution >= 4 is 31.9 Å². The van der Waals surface area contributed by atoms with Crippen molar-refractivity contribution in [3.8, 4) is 0 Å². The van der Waals surface area contributed by atoms with E-state index in [4.69, 9.17) is 0 Å². The predicted molar refractivity (Wildman–Crippen MR) is 82.0 cm³/mol. The van der Waals surface area contributed by atoms with E-state index in [2.05, 4.69) is 31.9 Å². The molecule has 2 rings (SSSR count). The van der Waals surface area contributed by atoms with Crippen LogP contribution in [0.1, 0.15) is 31.2 Å². The number of hydrogen-bond acceptors (Lipinski definition) is 0. The zero-order valence-electron chi connectivity index (χ0n) is 10.8. The first-order valence-electron chi connectivity index (χ1n) is 6.66. The summed E-state index contributed by atoms with van der Waals surface area (Å²) in [7, 11) is 0. The zero-order valence-corrected chi connectivity index (χ0v) is 13.9. The van der Waals surface area contributed by atoms with Gasteiger partial charge in [-0.05, 0) is 48.3 Å². The molecule has 0 unspecified atom stereocenters. The molecular weight excluding hydrogens is 378 g/mol. The molecule has 1 saturated carbocycles. The molecule has 0 spiro atoms. The molecule has 1 aromatic rings. The van der Waals surface area contributed by atoms with Crippen LogP contribution in [-0.2, 0) is 6.42 Å². The molecule has 1 aromatic carbocycles. The summed E-state index contributed by atoms with van der Waals surface area (Å²) >= 11 is 7.24. The summed E-state index contributed by atoms with van der Waals surface area (Å²) in [5, 5.41) is 1.71. The standard InChI is InChI=1S/C15H18Br2F2/c16-9-15(10-17,12-3-1-2-4-12)8-11-5-13(18)7-14(19)6-11/h5-7,12H,1-4,8-10H2. The Bertz CT molecular complexity index is 404. The van der Waals surface area contributed by atoms with Gasteiger partial charge < -0.3 is 0 Å². The van der Waals surface area contributed by atoms with Crippen LogP contribution in [0.25, 0.3) is 0 Å². The Kier molecular flexibility index (Phi) is 5.41. The van der Waals surface area contributed by atoms with Gasteiger partial charge in [-0.3, -0.25) is 0 Å². The lowest BCUT2D eigenvalue weighted by molar-refractivity contribution is 0.232. The fourth-order valence-electron chi connectivity index (χ4n) is 3.15. The molecule has 1 aliphatic carbocycles. The molecule has 0 nitrogen and oxygen atoms in total. The Morgan fingerprint density at radius 2 is 1.53 bits per heavy atom. The predicted octanol–water partition coefficient (Wildman–Crippen LogP) is 5.47. The smallest absolute Gasteiger partial charge is 0.126 e. The fourth-order valence-corrected chi connectivity index (χ4v) is 5.39. The van der Waals surface area contributed by atoms with Crippen LogP contribution < -0.4 is 0 Å². The molecular formula is C15H18Br2F2. The van der Waals surface area contributed by atoms with Crippen molar-refractivity contribution in [3.63, 3.8) is 0 Å². The van der Waals surface area contributed by atoms with Gasteiger partial charge in [-0.15, -0.1) is 0 Å². The molecule has 0 aromatic heterocycles. The van der Waals surface area contributed by atoms with Gasteiger partial charge in [0.1, 0.15) is 11.6 Å². The summed E-state index contributed by atoms with van der Waals surface area (Å²) < 4.78 is 26.6. The molecule has 0 atom stereocenters. The maximum atomic E-state index is 13.3. The topological polar surface area (TPSA) is 0 Å². The van der Waals surface area contributed by atoms with E-state index in [0.29, 0.717) is 12.3 Å². The van der Waals surface area contributed by atoms with Gasteiger partial charge in [-0.25, -0.2) is 8.78 Å². The number of halogens is 4. The first-order chi connectivity index (χ1) is 9.09. The third kappa shape index (κ3) is 3.57. The lowest BCUT2D eigenvalue weighted by Crippen LogP contribution is -2.35. The van der Waals surface area contributed by atoms with Crippen molar-refractivity contribution in [2.24, 2.45) is 11.3 Å². The van der Waals surface area contributed by atoms with Crippen LogP contribution in [0.4, 0.5) is 8.78 Å². The first-order valence-corrected chi connectivity index (χ1v) is 8.91. The molecule has 0 saturated heterocycles. The molecule has 0 radical (unpaired) electrons. The molecule has 19 heavy (non-hydrogen) atoms. The summed E-state index contributed by atoms with van der Waals surface area (Å²) in [6.07, 6.45) is 5.68. The SMILES string of the molecule is Fc1cc(F)cc(CC(CBr)(CBr)C2CCCC2)c1. The van der Waals surface area contributed by atoms with Crippen molar-refractivity contribution in [2.75, 3.05) is 10.7 Å². The molecule has 1 fully saturated rings. The average molecular weight is 396 g/mol. The Balaban J connectivity index is 2.24. The van der Waals surface area contributed by atoms with E-state index >= 15 is 0 Å². The van der Waals surface area contributed by atoms with Gasteiger partial charge in [0.25, 0.3) is 0 Å². The van der Waals surface area contributed by atoms with Crippen LogP contribution in [-0.4, -0.2) is 10.7 Å². The molecule has 4 heteroatoms. The van der Waals surface area contributed by atoms with E-state index in [1.807, 2.05) is 0 Å². The van der Waals surface area contributed by atoms with Crippen LogP contribution >= 0.6 is 31.9 Å². The highest BCUT2D eigenvalue weighted by molar-refractivity contribution is 9.09. The van der Waals surface area contributed by atoms with Gasteiger partial charge in [0, 0.05) is 16.7 Å². The average Bonchev–Trinajstić information content (AvgIpc) is 2.89. The minimum Gasteiger partial charge on any atom is -0.207 e. The molecule has 0 heterocycles. The molecule has 0 bridgehead atoms. The normalized spacial score (nSPS) is 17.1. The van der Waals surface area contributed by atoms with Crippen LogP contribution in [0.5, 0.6) is 0 Å². The third-order valence-corrected chi connectivity index (χ3v) is 6.47. The van der Waals surface area contributed by atoms with Gasteiger partial charge in [0.2, 0.25) is 0 Å². The highest BCUT2D eigenvalue weighted by atomic mass is 79.9. The lowest BCUT2D eigenvalue weighted by atomic mass is 9.73. The Morgan fingerprint density at radius 3 is 2.00 bits per heavy atom. The van der Waals surface area contributed by atoms with Gasteiger partial charge in [-0.2, -0.15) is 0 Å². The summed E-state index contributed by atoms with van der Waals surface area (Å²) in [6.45, 7) is 0. The second kappa shape index (κ2) is 6.66. The van der Waals surface area contributed by atoms with Crippen LogP contribution in [0, 0.1) is 23.0 Å². The van der Waals surface area contributed by atoms with Gasteiger partial charge in [0.05, 0.1) is 0 Å². The second-order valence-corrected chi connectivity index (χ2v) is 6.69. The molecule has 0 aliphatic heterocycles. The third-order valence-electron chi connectivity index (χ3n) is 4.23.